The number of hydrogen-bond acceptors (Lipinski definition) is 3. The molecule has 4 heteroatoms. The van der Waals surface area contributed by atoms with Crippen LogP contribution >= 0.6 is 11.6 Å². The van der Waals surface area contributed by atoms with Gasteiger partial charge >= 0.3 is 0 Å². The molecule has 0 spiro atoms. The number of nitrogens with zero attached hydrogens (tertiary/aromatic N) is 2. The second-order valence-electron chi connectivity index (χ2n) is 5.82. The van der Waals surface area contributed by atoms with Gasteiger partial charge in [0, 0.05) is 44.3 Å². The first-order valence-electron chi connectivity index (χ1n) is 7.18. The Labute approximate surface area is 115 Å². The van der Waals surface area contributed by atoms with Crippen LogP contribution in [0.2, 0.25) is 0 Å². The minimum Gasteiger partial charge on any atom is -0.379 e. The summed E-state index contributed by atoms with van der Waals surface area (Å²) in [5.41, 5.74) is 0. The van der Waals surface area contributed by atoms with E-state index in [1.54, 1.807) is 0 Å². The number of halogens is 1. The van der Waals surface area contributed by atoms with Crippen molar-refractivity contribution in [2.45, 2.75) is 12.8 Å². The van der Waals surface area contributed by atoms with E-state index in [-0.39, 0.29) is 0 Å². The predicted octanol–water partition coefficient (Wildman–Crippen LogP) is 1.78. The van der Waals surface area contributed by atoms with Gasteiger partial charge in [-0.3, -0.25) is 4.90 Å². The fourth-order valence-electron chi connectivity index (χ4n) is 3.44. The highest BCUT2D eigenvalue weighted by atomic mass is 35.5. The topological polar surface area (TPSA) is 15.7 Å². The van der Waals surface area contributed by atoms with E-state index < -0.39 is 0 Å². The molecule has 0 N–H and O–H groups in total. The van der Waals surface area contributed by atoms with Crippen molar-refractivity contribution in [1.82, 2.24) is 9.80 Å². The summed E-state index contributed by atoms with van der Waals surface area (Å²) in [5, 5.41) is 1.09. The maximum absolute atomic E-state index is 6.15. The van der Waals surface area contributed by atoms with E-state index in [0.29, 0.717) is 0 Å². The van der Waals surface area contributed by atoms with Crippen LogP contribution in [-0.4, -0.2) is 62.3 Å². The fourth-order valence-corrected chi connectivity index (χ4v) is 3.72. The highest BCUT2D eigenvalue weighted by Crippen LogP contribution is 2.36. The van der Waals surface area contributed by atoms with Crippen LogP contribution in [0.4, 0.5) is 0 Å². The number of fused-ring (bicyclic) bond motifs is 1. The first-order chi connectivity index (χ1) is 8.81. The Balaban J connectivity index is 1.43. The Kier molecular flexibility index (Phi) is 4.24. The van der Waals surface area contributed by atoms with Crippen molar-refractivity contribution in [3.8, 4) is 0 Å². The lowest BCUT2D eigenvalue weighted by atomic mass is 9.86. The predicted molar refractivity (Wildman–Crippen MR) is 73.8 cm³/mol. The van der Waals surface area contributed by atoms with Gasteiger partial charge in [-0.2, -0.15) is 0 Å². The van der Waals surface area contributed by atoms with Crippen LogP contribution in [0.5, 0.6) is 0 Å². The van der Waals surface area contributed by atoms with Gasteiger partial charge in [0.2, 0.25) is 0 Å². The minimum absolute atomic E-state index is 0.812. The van der Waals surface area contributed by atoms with Crippen molar-refractivity contribution in [1.29, 1.82) is 0 Å². The second-order valence-corrected chi connectivity index (χ2v) is 6.31. The van der Waals surface area contributed by atoms with Crippen LogP contribution < -0.4 is 0 Å². The van der Waals surface area contributed by atoms with Gasteiger partial charge in [0.25, 0.3) is 0 Å². The Morgan fingerprint density at radius 2 is 1.83 bits per heavy atom. The largest absolute Gasteiger partial charge is 0.379 e. The lowest BCUT2D eigenvalue weighted by Gasteiger charge is -2.28. The van der Waals surface area contributed by atoms with E-state index in [0.717, 1.165) is 49.6 Å². The molecule has 3 rings (SSSR count). The summed E-state index contributed by atoms with van der Waals surface area (Å²) in [5.74, 6) is 1.67. The van der Waals surface area contributed by atoms with Crippen molar-refractivity contribution in [3.05, 3.63) is 11.1 Å². The molecule has 2 saturated heterocycles. The second kappa shape index (κ2) is 5.91. The van der Waals surface area contributed by atoms with E-state index in [4.69, 9.17) is 16.3 Å². The van der Waals surface area contributed by atoms with Gasteiger partial charge in [0.05, 0.1) is 13.2 Å². The highest BCUT2D eigenvalue weighted by molar-refractivity contribution is 6.29. The zero-order chi connectivity index (χ0) is 12.4. The van der Waals surface area contributed by atoms with E-state index in [2.05, 4.69) is 15.9 Å². The molecule has 2 aliphatic heterocycles. The molecule has 1 aliphatic carbocycles. The van der Waals surface area contributed by atoms with Crippen molar-refractivity contribution >= 4 is 11.6 Å². The van der Waals surface area contributed by atoms with Crippen molar-refractivity contribution in [3.63, 3.8) is 0 Å². The molecule has 2 unspecified atom stereocenters. The molecule has 18 heavy (non-hydrogen) atoms. The molecule has 0 bridgehead atoms. The highest BCUT2D eigenvalue weighted by Gasteiger charge is 2.34. The van der Waals surface area contributed by atoms with Crippen molar-refractivity contribution in [2.75, 3.05) is 52.5 Å². The maximum atomic E-state index is 6.15. The zero-order valence-electron chi connectivity index (χ0n) is 11.0. The SMILES string of the molecule is ClC1=CCC2CN(CCN3CCOCC3)CC2C1. The van der Waals surface area contributed by atoms with Gasteiger partial charge in [-0.05, 0) is 24.7 Å². The standard InChI is InChI=1S/C14H23ClN2O/c15-14-2-1-12-10-17(11-13(12)9-14)4-3-16-5-7-18-8-6-16/h2,12-13H,1,3-11H2. The lowest BCUT2D eigenvalue weighted by Crippen LogP contribution is -2.41. The lowest BCUT2D eigenvalue weighted by molar-refractivity contribution is 0.0342. The summed E-state index contributed by atoms with van der Waals surface area (Å²) in [6.07, 6.45) is 4.53. The van der Waals surface area contributed by atoms with E-state index in [1.807, 2.05) is 0 Å². The van der Waals surface area contributed by atoms with Crippen LogP contribution in [0, 0.1) is 11.8 Å². The Bertz CT molecular complexity index is 315. The van der Waals surface area contributed by atoms with Gasteiger partial charge in [0.1, 0.15) is 0 Å². The molecule has 3 nitrogen and oxygen atoms in total. The third kappa shape index (κ3) is 3.08. The summed E-state index contributed by atoms with van der Waals surface area (Å²) in [7, 11) is 0. The summed E-state index contributed by atoms with van der Waals surface area (Å²) in [6.45, 7) is 8.96. The molecule has 3 aliphatic rings. The molecule has 102 valence electrons. The smallest absolute Gasteiger partial charge is 0.0594 e. The number of allylic oxidation sites excluding steroid dienone is 2. The van der Waals surface area contributed by atoms with Crippen LogP contribution in [0.25, 0.3) is 0 Å². The van der Waals surface area contributed by atoms with Crippen molar-refractivity contribution < 1.29 is 4.74 Å². The first kappa shape index (κ1) is 12.9. The van der Waals surface area contributed by atoms with Crippen LogP contribution in [-0.2, 0) is 4.74 Å². The average molecular weight is 271 g/mol. The summed E-state index contributed by atoms with van der Waals surface area (Å²) < 4.78 is 5.38. The van der Waals surface area contributed by atoms with Crippen LogP contribution in [0.3, 0.4) is 0 Å². The van der Waals surface area contributed by atoms with E-state index in [9.17, 15) is 0 Å². The molecule has 0 aromatic heterocycles. The average Bonchev–Trinajstić information content (AvgIpc) is 2.79. The monoisotopic (exact) mass is 270 g/mol. The van der Waals surface area contributed by atoms with E-state index in [1.165, 1.54) is 32.6 Å². The van der Waals surface area contributed by atoms with Gasteiger partial charge in [-0.15, -0.1) is 0 Å². The molecular weight excluding hydrogens is 248 g/mol. The molecule has 0 amide bonds. The summed E-state index contributed by atoms with van der Waals surface area (Å²) in [4.78, 5) is 5.16. The summed E-state index contributed by atoms with van der Waals surface area (Å²) in [6, 6.07) is 0. The molecule has 0 saturated carbocycles. The third-order valence-electron chi connectivity index (χ3n) is 4.59. The number of hydrogen-bond donors (Lipinski definition) is 0. The molecular formula is C14H23ClN2O. The summed E-state index contributed by atoms with van der Waals surface area (Å²) >= 11 is 6.15. The number of rotatable bonds is 3. The molecule has 0 radical (unpaired) electrons. The maximum Gasteiger partial charge on any atom is 0.0594 e. The molecule has 0 aromatic rings. The molecule has 2 heterocycles. The fraction of sp³-hybridized carbons (Fsp3) is 0.857. The van der Waals surface area contributed by atoms with Gasteiger partial charge in [-0.25, -0.2) is 0 Å². The first-order valence-corrected chi connectivity index (χ1v) is 7.56. The number of morpholine rings is 1. The molecule has 2 atom stereocenters. The normalized spacial score (nSPS) is 34.4. The number of ether oxygens (including phenoxy) is 1. The molecule has 2 fully saturated rings. The zero-order valence-corrected chi connectivity index (χ0v) is 11.7. The van der Waals surface area contributed by atoms with Crippen LogP contribution in [0.15, 0.2) is 11.1 Å². The molecule has 0 aromatic carbocycles. The Morgan fingerprint density at radius 3 is 2.67 bits per heavy atom. The minimum atomic E-state index is 0.812. The van der Waals surface area contributed by atoms with E-state index >= 15 is 0 Å². The van der Waals surface area contributed by atoms with Gasteiger partial charge in [0.15, 0.2) is 0 Å². The van der Waals surface area contributed by atoms with Gasteiger partial charge < -0.3 is 9.64 Å². The van der Waals surface area contributed by atoms with Crippen molar-refractivity contribution in [2.24, 2.45) is 11.8 Å². The quantitative estimate of drug-likeness (QED) is 0.778. The Hall–Kier alpha value is -0.0900. The third-order valence-corrected chi connectivity index (χ3v) is 4.90. The van der Waals surface area contributed by atoms with Gasteiger partial charge in [-0.1, -0.05) is 17.7 Å². The number of likely N-dealkylation sites (tertiary alicyclic amines) is 1. The Morgan fingerprint density at radius 1 is 1.11 bits per heavy atom. The van der Waals surface area contributed by atoms with Crippen LogP contribution in [0.1, 0.15) is 12.8 Å².